The smallest absolute Gasteiger partial charge is 0.224 e. The Kier molecular flexibility index (Phi) is 8.54. The quantitative estimate of drug-likeness (QED) is 0.698. The third kappa shape index (κ3) is 5.66. The summed E-state index contributed by atoms with van der Waals surface area (Å²) in [5.41, 5.74) is 1.99. The average Bonchev–Trinajstić information content (AvgIpc) is 2.94. The molecule has 7 heteroatoms. The van der Waals surface area contributed by atoms with Gasteiger partial charge in [-0.2, -0.15) is 0 Å². The van der Waals surface area contributed by atoms with Crippen LogP contribution in [0.4, 0.5) is 11.4 Å². The van der Waals surface area contributed by atoms with Gasteiger partial charge in [-0.1, -0.05) is 11.6 Å². The van der Waals surface area contributed by atoms with Crippen molar-refractivity contribution in [1.29, 1.82) is 0 Å². The third-order valence-corrected chi connectivity index (χ3v) is 6.21. The second-order valence-corrected chi connectivity index (χ2v) is 8.37. The Hall–Kier alpha value is -0.680. The van der Waals surface area contributed by atoms with Gasteiger partial charge in [0.25, 0.3) is 0 Å². The molecular formula is C20H30Cl3N3O. The molecule has 0 radical (unpaired) electrons. The fraction of sp³-hybridized carbons (Fsp3) is 0.650. The van der Waals surface area contributed by atoms with Crippen LogP contribution in [0.2, 0.25) is 5.02 Å². The summed E-state index contributed by atoms with van der Waals surface area (Å²) in [4.78, 5) is 15.0. The number of amides is 1. The summed E-state index contributed by atoms with van der Waals surface area (Å²) in [6.45, 7) is 2.12. The van der Waals surface area contributed by atoms with Crippen molar-refractivity contribution in [2.75, 3.05) is 23.3 Å². The number of hydrogen-bond donors (Lipinski definition) is 2. The fourth-order valence-electron chi connectivity index (χ4n) is 4.82. The number of nitrogens with one attached hydrogen (secondary N) is 2. The molecule has 2 unspecified atom stereocenters. The summed E-state index contributed by atoms with van der Waals surface area (Å²) >= 11 is 6.20. The van der Waals surface area contributed by atoms with E-state index in [0.717, 1.165) is 37.3 Å². The van der Waals surface area contributed by atoms with Crippen molar-refractivity contribution in [2.24, 2.45) is 5.92 Å². The van der Waals surface area contributed by atoms with Crippen LogP contribution in [-0.4, -0.2) is 31.1 Å². The van der Waals surface area contributed by atoms with E-state index in [-0.39, 0.29) is 30.7 Å². The molecule has 3 fully saturated rings. The van der Waals surface area contributed by atoms with Crippen LogP contribution in [0.1, 0.15) is 51.4 Å². The van der Waals surface area contributed by atoms with Crippen LogP contribution in [0.3, 0.4) is 0 Å². The second-order valence-electron chi connectivity index (χ2n) is 7.94. The Labute approximate surface area is 179 Å². The molecule has 3 aliphatic heterocycles. The maximum Gasteiger partial charge on any atom is 0.224 e. The molecule has 3 saturated heterocycles. The normalized spacial score (nSPS) is 26.7. The predicted octanol–water partition coefficient (Wildman–Crippen LogP) is 5.03. The van der Waals surface area contributed by atoms with Gasteiger partial charge in [-0.3, -0.25) is 4.79 Å². The van der Waals surface area contributed by atoms with Crippen LogP contribution in [0.15, 0.2) is 18.2 Å². The van der Waals surface area contributed by atoms with Gasteiger partial charge >= 0.3 is 0 Å². The third-order valence-electron chi connectivity index (χ3n) is 5.97. The maximum absolute atomic E-state index is 12.7. The van der Waals surface area contributed by atoms with Crippen molar-refractivity contribution in [2.45, 2.75) is 63.5 Å². The fourth-order valence-corrected chi connectivity index (χ4v) is 5.00. The van der Waals surface area contributed by atoms with Gasteiger partial charge in [-0.15, -0.1) is 24.8 Å². The predicted molar refractivity (Wildman–Crippen MR) is 118 cm³/mol. The van der Waals surface area contributed by atoms with E-state index in [1.807, 2.05) is 18.2 Å². The molecule has 27 heavy (non-hydrogen) atoms. The first-order valence-electron chi connectivity index (χ1n) is 9.78. The molecule has 2 bridgehead atoms. The van der Waals surface area contributed by atoms with Crippen molar-refractivity contribution in [3.05, 3.63) is 23.2 Å². The molecule has 3 aliphatic rings. The zero-order valence-corrected chi connectivity index (χ0v) is 18.0. The van der Waals surface area contributed by atoms with Crippen LogP contribution < -0.4 is 15.5 Å². The molecule has 0 saturated carbocycles. The lowest BCUT2D eigenvalue weighted by molar-refractivity contribution is -0.117. The van der Waals surface area contributed by atoms with Crippen molar-refractivity contribution in [3.63, 3.8) is 0 Å². The summed E-state index contributed by atoms with van der Waals surface area (Å²) in [6, 6.07) is 7.13. The minimum Gasteiger partial charge on any atom is -0.370 e. The summed E-state index contributed by atoms with van der Waals surface area (Å²) in [5, 5.41) is 7.48. The van der Waals surface area contributed by atoms with Gasteiger partial charge in [0, 0.05) is 36.6 Å². The number of fused-ring (bicyclic) bond motifs is 2. The molecule has 2 atom stereocenters. The van der Waals surface area contributed by atoms with Crippen molar-refractivity contribution >= 4 is 53.7 Å². The lowest BCUT2D eigenvalue weighted by atomic mass is 9.89. The van der Waals surface area contributed by atoms with Gasteiger partial charge in [-0.05, 0) is 69.1 Å². The second kappa shape index (κ2) is 10.2. The summed E-state index contributed by atoms with van der Waals surface area (Å²) < 4.78 is 0. The average molecular weight is 435 g/mol. The SMILES string of the molecule is Cl.Cl.O=C(CC1CC2CCC(C1)N2)Nc1cc(Cl)ccc1N1CCCCC1. The lowest BCUT2D eigenvalue weighted by Gasteiger charge is -2.31. The van der Waals surface area contributed by atoms with Crippen molar-refractivity contribution < 1.29 is 4.79 Å². The highest BCUT2D eigenvalue weighted by atomic mass is 35.5. The first kappa shape index (κ1) is 22.6. The minimum absolute atomic E-state index is 0. The first-order chi connectivity index (χ1) is 12.2. The van der Waals surface area contributed by atoms with E-state index in [9.17, 15) is 4.79 Å². The molecule has 1 aromatic rings. The van der Waals surface area contributed by atoms with Crippen LogP contribution in [-0.2, 0) is 4.79 Å². The highest BCUT2D eigenvalue weighted by molar-refractivity contribution is 6.31. The van der Waals surface area contributed by atoms with Crippen LogP contribution in [0.25, 0.3) is 0 Å². The van der Waals surface area contributed by atoms with Crippen molar-refractivity contribution in [3.8, 4) is 0 Å². The van der Waals surface area contributed by atoms with Gasteiger partial charge in [0.2, 0.25) is 5.91 Å². The van der Waals surface area contributed by atoms with Gasteiger partial charge in [0.15, 0.2) is 0 Å². The van der Waals surface area contributed by atoms with E-state index in [4.69, 9.17) is 11.6 Å². The Morgan fingerprint density at radius 1 is 1.11 bits per heavy atom. The van der Waals surface area contributed by atoms with Gasteiger partial charge in [0.05, 0.1) is 11.4 Å². The van der Waals surface area contributed by atoms with Crippen LogP contribution >= 0.6 is 36.4 Å². The number of rotatable bonds is 4. The molecule has 1 aromatic carbocycles. The summed E-state index contributed by atoms with van der Waals surface area (Å²) in [6.07, 6.45) is 9.18. The monoisotopic (exact) mass is 433 g/mol. The zero-order chi connectivity index (χ0) is 17.2. The highest BCUT2D eigenvalue weighted by Crippen LogP contribution is 2.34. The highest BCUT2D eigenvalue weighted by Gasteiger charge is 2.34. The molecule has 3 heterocycles. The number of carbonyl (C=O) groups excluding carboxylic acids is 1. The molecule has 0 aliphatic carbocycles. The number of anilines is 2. The van der Waals surface area contributed by atoms with E-state index in [1.54, 1.807) is 0 Å². The zero-order valence-electron chi connectivity index (χ0n) is 15.6. The van der Waals surface area contributed by atoms with E-state index in [1.165, 1.54) is 32.1 Å². The standard InChI is InChI=1S/C20H28ClN3O.2ClH/c21-15-4-7-19(24-8-2-1-3-9-24)18(13-15)23-20(25)12-14-10-16-5-6-17(11-14)22-16;;/h4,7,13-14,16-17,22H,1-3,5-6,8-12H2,(H,23,25);2*1H. The summed E-state index contributed by atoms with van der Waals surface area (Å²) in [7, 11) is 0. The van der Waals surface area contributed by atoms with Gasteiger partial charge in [-0.25, -0.2) is 0 Å². The molecule has 4 rings (SSSR count). The molecule has 2 N–H and O–H groups in total. The van der Waals surface area contributed by atoms with E-state index < -0.39 is 0 Å². The number of hydrogen-bond acceptors (Lipinski definition) is 3. The molecule has 152 valence electrons. The summed E-state index contributed by atoms with van der Waals surface area (Å²) in [5.74, 6) is 0.642. The number of piperidine rings is 2. The Morgan fingerprint density at radius 3 is 2.44 bits per heavy atom. The van der Waals surface area contributed by atoms with Gasteiger partial charge in [0.1, 0.15) is 0 Å². The largest absolute Gasteiger partial charge is 0.370 e. The lowest BCUT2D eigenvalue weighted by Crippen LogP contribution is -2.39. The van der Waals surface area contributed by atoms with E-state index in [2.05, 4.69) is 15.5 Å². The topological polar surface area (TPSA) is 44.4 Å². The number of carbonyl (C=O) groups is 1. The maximum atomic E-state index is 12.7. The molecule has 0 spiro atoms. The Balaban J connectivity index is 0.00000131. The number of halogens is 3. The van der Waals surface area contributed by atoms with Crippen LogP contribution in [0, 0.1) is 5.92 Å². The Morgan fingerprint density at radius 2 is 1.78 bits per heavy atom. The Bertz CT molecular complexity index is 625. The molecular weight excluding hydrogens is 405 g/mol. The molecule has 1 amide bonds. The number of benzene rings is 1. The van der Waals surface area contributed by atoms with E-state index in [0.29, 0.717) is 29.4 Å². The first-order valence-corrected chi connectivity index (χ1v) is 10.2. The number of nitrogens with zero attached hydrogens (tertiary/aromatic N) is 1. The molecule has 4 nitrogen and oxygen atoms in total. The molecule has 0 aromatic heterocycles. The van der Waals surface area contributed by atoms with E-state index >= 15 is 0 Å². The van der Waals surface area contributed by atoms with Crippen LogP contribution in [0.5, 0.6) is 0 Å². The van der Waals surface area contributed by atoms with Gasteiger partial charge < -0.3 is 15.5 Å². The minimum atomic E-state index is 0. The van der Waals surface area contributed by atoms with Crippen molar-refractivity contribution in [1.82, 2.24) is 5.32 Å².